The van der Waals surface area contributed by atoms with Crippen LogP contribution in [0.4, 0.5) is 0 Å². The molecule has 27 heavy (non-hydrogen) atoms. The number of hydrogen-bond donors (Lipinski definition) is 2. The molecule has 3 N–H and O–H groups in total. The van der Waals surface area contributed by atoms with Gasteiger partial charge >= 0.3 is 20.2 Å². The van der Waals surface area contributed by atoms with Crippen LogP contribution in [-0.4, -0.2) is 39.3 Å². The highest BCUT2D eigenvalue weighted by atomic mass is 32.2. The maximum absolute atomic E-state index is 11.2. The van der Waals surface area contributed by atoms with Crippen LogP contribution in [0.15, 0.2) is 53.7 Å². The van der Waals surface area contributed by atoms with E-state index in [1.807, 2.05) is 0 Å². The minimum Gasteiger partial charge on any atom is -0.411 e. The molecule has 11 heteroatoms. The quantitative estimate of drug-likeness (QED) is 0.370. The first-order chi connectivity index (χ1) is 12.7. The molecule has 144 valence electrons. The maximum atomic E-state index is 11.2. The van der Waals surface area contributed by atoms with Crippen molar-refractivity contribution in [2.24, 2.45) is 10.9 Å². The second kappa shape index (κ2) is 7.18. The van der Waals surface area contributed by atoms with Gasteiger partial charge in [-0.1, -0.05) is 35.5 Å². The van der Waals surface area contributed by atoms with E-state index in [2.05, 4.69) is 5.16 Å². The largest absolute Gasteiger partial charge is 0.411 e. The Labute approximate surface area is 156 Å². The first-order valence-corrected chi connectivity index (χ1v) is 10.9. The number of benzene rings is 2. The topological polar surface area (TPSA) is 145 Å². The number of para-hydroxylation sites is 2. The zero-order chi connectivity index (χ0) is 19.7. The van der Waals surface area contributed by atoms with Gasteiger partial charge in [-0.3, -0.25) is 0 Å². The van der Waals surface area contributed by atoms with Crippen LogP contribution < -0.4 is 14.1 Å². The van der Waals surface area contributed by atoms with Crippen molar-refractivity contribution in [3.8, 4) is 11.5 Å². The number of nitrogens with two attached hydrogens (primary N) is 1. The van der Waals surface area contributed by atoms with Gasteiger partial charge < -0.3 is 19.3 Å². The second-order valence-corrected chi connectivity index (χ2v) is 8.97. The molecule has 9 nitrogen and oxygen atoms in total. The van der Waals surface area contributed by atoms with Crippen molar-refractivity contribution in [1.29, 1.82) is 0 Å². The number of nitrogens with zero attached hydrogens (tertiary/aromatic N) is 1. The average molecular weight is 412 g/mol. The molecule has 2 aromatic rings. The molecule has 0 aliphatic carbocycles. The highest BCUT2D eigenvalue weighted by Gasteiger charge is 2.29. The average Bonchev–Trinajstić information content (AvgIpc) is 2.59. The van der Waals surface area contributed by atoms with Gasteiger partial charge in [0, 0.05) is 11.1 Å². The molecule has 1 unspecified atom stereocenters. The van der Waals surface area contributed by atoms with Crippen molar-refractivity contribution in [2.75, 3.05) is 11.5 Å². The van der Waals surface area contributed by atoms with E-state index >= 15 is 0 Å². The zero-order valence-electron chi connectivity index (χ0n) is 13.8. The minimum atomic E-state index is -3.65. The molecular formula is C16H16N2O7S2. The second-order valence-electron chi connectivity index (χ2n) is 5.78. The molecule has 2 aliphatic rings. The van der Waals surface area contributed by atoms with Crippen LogP contribution in [0, 0.1) is 0 Å². The fraction of sp³-hybridized carbons (Fsp3) is 0.188. The first-order valence-electron chi connectivity index (χ1n) is 7.70. The molecular weight excluding hydrogens is 396 g/mol. The van der Waals surface area contributed by atoms with Crippen molar-refractivity contribution < 1.29 is 30.4 Å². The van der Waals surface area contributed by atoms with Crippen molar-refractivity contribution >= 4 is 25.9 Å². The smallest absolute Gasteiger partial charge is 0.315 e. The Morgan fingerprint density at radius 2 is 1.52 bits per heavy atom. The van der Waals surface area contributed by atoms with Crippen LogP contribution in [0.3, 0.4) is 0 Å². The summed E-state index contributed by atoms with van der Waals surface area (Å²) in [5.41, 5.74) is 7.02. The zero-order valence-corrected chi connectivity index (χ0v) is 15.5. The fourth-order valence-electron chi connectivity index (χ4n) is 2.62. The predicted octanol–water partition coefficient (Wildman–Crippen LogP) is 0.996. The predicted molar refractivity (Wildman–Crippen MR) is 97.0 cm³/mol. The summed E-state index contributed by atoms with van der Waals surface area (Å²) in [4.78, 5) is 0. The van der Waals surface area contributed by atoms with Crippen molar-refractivity contribution in [1.82, 2.24) is 0 Å². The van der Waals surface area contributed by atoms with E-state index < -0.39 is 32.0 Å². The molecule has 0 radical (unpaired) electrons. The van der Waals surface area contributed by atoms with Crippen LogP contribution >= 0.6 is 0 Å². The Balaban J connectivity index is 0.000000156. The summed E-state index contributed by atoms with van der Waals surface area (Å²) in [6.07, 6.45) is 0. The first kappa shape index (κ1) is 19.1. The summed E-state index contributed by atoms with van der Waals surface area (Å²) in [6, 6.07) is 12.9. The lowest BCUT2D eigenvalue weighted by atomic mass is 10.1. The Kier molecular flexibility index (Phi) is 5.09. The third kappa shape index (κ3) is 4.38. The number of hydrogen-bond acceptors (Lipinski definition) is 9. The van der Waals surface area contributed by atoms with Gasteiger partial charge in [-0.25, -0.2) is 0 Å². The maximum Gasteiger partial charge on any atom is 0.315 e. The normalized spacial score (nSPS) is 22.9. The number of fused-ring (bicyclic) bond motifs is 2. The van der Waals surface area contributed by atoms with Crippen molar-refractivity contribution in [3.05, 3.63) is 59.7 Å². The standard InChI is InChI=1S/C8H7NO4S.C8H9NO3S/c10-9-7-5-14(11,12)13-8-4-2-1-3-6(7)8;9-7-5-13(10,11)12-8-4-2-1-3-6(7)8/h1-4,10H,5H2;1-4,7H,5,9H2/b9-7+;. The summed E-state index contributed by atoms with van der Waals surface area (Å²) in [5.74, 6) is -0.00218. The molecule has 0 amide bonds. The number of rotatable bonds is 0. The summed E-state index contributed by atoms with van der Waals surface area (Å²) in [6.45, 7) is 0. The van der Waals surface area contributed by atoms with E-state index in [1.165, 1.54) is 6.07 Å². The van der Waals surface area contributed by atoms with Gasteiger partial charge in [0.25, 0.3) is 0 Å². The fourth-order valence-corrected chi connectivity index (χ4v) is 4.75. The highest BCUT2D eigenvalue weighted by Crippen LogP contribution is 2.30. The molecule has 0 fully saturated rings. The number of oxime groups is 1. The van der Waals surface area contributed by atoms with Gasteiger partial charge in [0.05, 0.1) is 6.04 Å². The SMILES string of the molecule is NC1CS(=O)(=O)Oc2ccccc21.O=S1(=O)C/C(=N\O)c2ccccc2O1. The Bertz CT molecular complexity index is 1100. The summed E-state index contributed by atoms with van der Waals surface area (Å²) in [5, 5.41) is 11.6. The molecule has 0 saturated carbocycles. The van der Waals surface area contributed by atoms with Crippen LogP contribution in [-0.2, 0) is 20.2 Å². The van der Waals surface area contributed by atoms with E-state index in [0.29, 0.717) is 11.3 Å². The molecule has 0 bridgehead atoms. The Morgan fingerprint density at radius 3 is 2.22 bits per heavy atom. The van der Waals surface area contributed by atoms with Gasteiger partial charge in [-0.15, -0.1) is 0 Å². The third-order valence-corrected chi connectivity index (χ3v) is 6.03. The van der Waals surface area contributed by atoms with E-state index in [-0.39, 0.29) is 17.2 Å². The Morgan fingerprint density at radius 1 is 0.926 bits per heavy atom. The van der Waals surface area contributed by atoms with Gasteiger partial charge in [0.2, 0.25) is 0 Å². The van der Waals surface area contributed by atoms with Crippen LogP contribution in [0.1, 0.15) is 17.2 Å². The lowest BCUT2D eigenvalue weighted by Gasteiger charge is -2.21. The summed E-state index contributed by atoms with van der Waals surface area (Å²) < 4.78 is 54.1. The molecule has 4 rings (SSSR count). The van der Waals surface area contributed by atoms with Gasteiger partial charge in [-0.2, -0.15) is 16.8 Å². The van der Waals surface area contributed by atoms with Crippen LogP contribution in [0.2, 0.25) is 0 Å². The van der Waals surface area contributed by atoms with Gasteiger partial charge in [-0.05, 0) is 18.2 Å². The minimum absolute atomic E-state index is 0.104. The molecule has 0 spiro atoms. The molecule has 1 atom stereocenters. The molecule has 0 saturated heterocycles. The molecule has 0 aromatic heterocycles. The van der Waals surface area contributed by atoms with Crippen LogP contribution in [0.5, 0.6) is 11.5 Å². The lowest BCUT2D eigenvalue weighted by Crippen LogP contribution is -2.30. The lowest BCUT2D eigenvalue weighted by molar-refractivity contribution is 0.318. The monoisotopic (exact) mass is 412 g/mol. The van der Waals surface area contributed by atoms with Gasteiger partial charge in [0.15, 0.2) is 5.75 Å². The Hall–Kier alpha value is -2.63. The highest BCUT2D eigenvalue weighted by molar-refractivity contribution is 7.88. The van der Waals surface area contributed by atoms with Crippen molar-refractivity contribution in [2.45, 2.75) is 6.04 Å². The molecule has 2 aromatic carbocycles. The van der Waals surface area contributed by atoms with E-state index in [4.69, 9.17) is 19.3 Å². The van der Waals surface area contributed by atoms with Crippen molar-refractivity contribution in [3.63, 3.8) is 0 Å². The molecule has 2 heterocycles. The summed E-state index contributed by atoms with van der Waals surface area (Å²) >= 11 is 0. The van der Waals surface area contributed by atoms with E-state index in [0.717, 1.165) is 5.56 Å². The molecule has 2 aliphatic heterocycles. The van der Waals surface area contributed by atoms with Gasteiger partial charge in [0.1, 0.15) is 23.0 Å². The van der Waals surface area contributed by atoms with E-state index in [9.17, 15) is 16.8 Å². The third-order valence-electron chi connectivity index (χ3n) is 3.77. The van der Waals surface area contributed by atoms with E-state index in [1.54, 1.807) is 42.5 Å². The summed E-state index contributed by atoms with van der Waals surface area (Å²) in [7, 11) is -7.12. The van der Waals surface area contributed by atoms with Crippen LogP contribution in [0.25, 0.3) is 0 Å².